The molecule has 170 valence electrons. The zero-order valence-corrected chi connectivity index (χ0v) is 20.5. The van der Waals surface area contributed by atoms with Crippen LogP contribution in [0.5, 0.6) is 5.75 Å². The third kappa shape index (κ3) is 4.74. The van der Waals surface area contributed by atoms with E-state index in [9.17, 15) is 14.7 Å². The number of methoxy groups -OCH3 is 1. The number of hydrogen-bond donors (Lipinski definition) is 1. The first-order chi connectivity index (χ1) is 15.3. The number of nitrogens with zero attached hydrogens (tertiary/aromatic N) is 2. The predicted molar refractivity (Wildman–Crippen MR) is 129 cm³/mol. The van der Waals surface area contributed by atoms with Crippen LogP contribution in [0.2, 0.25) is 0 Å². The van der Waals surface area contributed by atoms with E-state index in [0.29, 0.717) is 24.4 Å². The number of ketones is 1. The predicted octanol–water partition coefficient (Wildman–Crippen LogP) is 4.53. The molecule has 0 unspecified atom stereocenters. The van der Waals surface area contributed by atoms with Crippen LogP contribution in [0.1, 0.15) is 36.6 Å². The minimum atomic E-state index is -0.665. The lowest BCUT2D eigenvalue weighted by Crippen LogP contribution is -2.38. The largest absolute Gasteiger partial charge is 0.507 e. The fraction of sp³-hybridized carbons (Fsp3) is 0.360. The van der Waals surface area contributed by atoms with Crippen molar-refractivity contribution in [2.45, 2.75) is 26.8 Å². The summed E-state index contributed by atoms with van der Waals surface area (Å²) < 4.78 is 6.09. The van der Waals surface area contributed by atoms with Crippen LogP contribution in [0, 0.1) is 6.92 Å². The maximum absolute atomic E-state index is 13.2. The summed E-state index contributed by atoms with van der Waals surface area (Å²) in [6, 6.07) is 12.1. The molecule has 0 spiro atoms. The topological polar surface area (TPSA) is 70.1 Å². The molecule has 1 heterocycles. The first-order valence-electron chi connectivity index (χ1n) is 10.7. The van der Waals surface area contributed by atoms with Crippen molar-refractivity contribution in [3.8, 4) is 5.75 Å². The normalized spacial score (nSPS) is 17.9. The first kappa shape index (κ1) is 24.0. The summed E-state index contributed by atoms with van der Waals surface area (Å²) in [4.78, 5) is 30.0. The molecule has 1 saturated heterocycles. The van der Waals surface area contributed by atoms with Gasteiger partial charge in [-0.15, -0.1) is 0 Å². The number of halogens is 1. The van der Waals surface area contributed by atoms with Crippen LogP contribution in [-0.2, 0) is 9.59 Å². The van der Waals surface area contributed by atoms with Crippen LogP contribution in [0.4, 0.5) is 0 Å². The Bertz CT molecular complexity index is 1050. The Kier molecular flexibility index (Phi) is 7.74. The summed E-state index contributed by atoms with van der Waals surface area (Å²) in [6.07, 6.45) is 0. The number of aliphatic hydroxyl groups is 1. The Morgan fingerprint density at radius 2 is 1.88 bits per heavy atom. The maximum atomic E-state index is 13.2. The molecule has 1 atom stereocenters. The molecule has 1 aliphatic rings. The molecule has 0 aromatic heterocycles. The van der Waals surface area contributed by atoms with Gasteiger partial charge in [0.05, 0.1) is 18.7 Å². The Morgan fingerprint density at radius 1 is 1.16 bits per heavy atom. The van der Waals surface area contributed by atoms with Gasteiger partial charge < -0.3 is 19.6 Å². The van der Waals surface area contributed by atoms with Crippen LogP contribution in [0.25, 0.3) is 5.76 Å². The second-order valence-electron chi connectivity index (χ2n) is 7.76. The van der Waals surface area contributed by atoms with Crippen LogP contribution in [0.3, 0.4) is 0 Å². The highest BCUT2D eigenvalue weighted by molar-refractivity contribution is 9.10. The molecule has 0 saturated carbocycles. The van der Waals surface area contributed by atoms with E-state index in [1.807, 2.05) is 31.2 Å². The van der Waals surface area contributed by atoms with Crippen LogP contribution >= 0.6 is 15.9 Å². The van der Waals surface area contributed by atoms with Gasteiger partial charge in [0, 0.05) is 23.1 Å². The van der Waals surface area contributed by atoms with E-state index in [1.165, 1.54) is 0 Å². The van der Waals surface area contributed by atoms with Crippen LogP contribution < -0.4 is 4.74 Å². The Hall–Kier alpha value is -2.64. The SMILES string of the molecule is CCN(CC)CCN1C(=O)C(=O)/C(=C(/O)c2ccc(OC)cc2C)[C@@H]1c1cccc(Br)c1. The number of hydrogen-bond acceptors (Lipinski definition) is 5. The third-order valence-corrected chi connectivity index (χ3v) is 6.44. The van der Waals surface area contributed by atoms with Crippen LogP contribution in [-0.4, -0.2) is 59.9 Å². The monoisotopic (exact) mass is 500 g/mol. The molecule has 1 amide bonds. The lowest BCUT2D eigenvalue weighted by atomic mass is 9.94. The smallest absolute Gasteiger partial charge is 0.295 e. The molecule has 0 radical (unpaired) electrons. The molecule has 2 aromatic carbocycles. The van der Waals surface area contributed by atoms with Gasteiger partial charge >= 0.3 is 0 Å². The number of likely N-dealkylation sites (tertiary alicyclic amines) is 1. The van der Waals surface area contributed by atoms with E-state index in [1.54, 1.807) is 30.2 Å². The summed E-state index contributed by atoms with van der Waals surface area (Å²) in [5.41, 5.74) is 2.14. The molecule has 6 nitrogen and oxygen atoms in total. The Balaban J connectivity index is 2.13. The molecule has 32 heavy (non-hydrogen) atoms. The average Bonchev–Trinajstić information content (AvgIpc) is 3.04. The van der Waals surface area contributed by atoms with Gasteiger partial charge in [0.1, 0.15) is 11.5 Å². The van der Waals surface area contributed by atoms with Crippen molar-refractivity contribution >= 4 is 33.4 Å². The molecular weight excluding hydrogens is 472 g/mol. The molecule has 1 N–H and O–H groups in total. The van der Waals surface area contributed by atoms with Crippen molar-refractivity contribution in [3.05, 3.63) is 69.2 Å². The van der Waals surface area contributed by atoms with Crippen LogP contribution in [0.15, 0.2) is 52.5 Å². The van der Waals surface area contributed by atoms with E-state index in [0.717, 1.165) is 28.7 Å². The number of Topliss-reactive ketones (excluding diaryl/α,β-unsaturated/α-hetero) is 1. The van der Waals surface area contributed by atoms with Gasteiger partial charge in [-0.25, -0.2) is 0 Å². The molecule has 2 aromatic rings. The number of carbonyl (C=O) groups excluding carboxylic acids is 2. The van der Waals surface area contributed by atoms with Gasteiger partial charge in [-0.05, 0) is 61.5 Å². The van der Waals surface area contributed by atoms with E-state index in [-0.39, 0.29) is 11.3 Å². The van der Waals surface area contributed by atoms with E-state index in [4.69, 9.17) is 4.74 Å². The maximum Gasteiger partial charge on any atom is 0.295 e. The van der Waals surface area contributed by atoms with Crippen molar-refractivity contribution in [1.82, 2.24) is 9.80 Å². The zero-order valence-electron chi connectivity index (χ0n) is 18.9. The summed E-state index contributed by atoms with van der Waals surface area (Å²) >= 11 is 3.48. The summed E-state index contributed by atoms with van der Waals surface area (Å²) in [7, 11) is 1.57. The second kappa shape index (κ2) is 10.3. The summed E-state index contributed by atoms with van der Waals surface area (Å²) in [5, 5.41) is 11.3. The zero-order chi connectivity index (χ0) is 23.4. The van der Waals surface area contributed by atoms with Gasteiger partial charge in [-0.1, -0.05) is 41.9 Å². The van der Waals surface area contributed by atoms with Crippen molar-refractivity contribution < 1.29 is 19.4 Å². The molecule has 1 aliphatic heterocycles. The summed E-state index contributed by atoms with van der Waals surface area (Å²) in [5.74, 6) is -0.766. The fourth-order valence-electron chi connectivity index (χ4n) is 4.10. The average molecular weight is 501 g/mol. The molecular formula is C25H29BrN2O4. The lowest BCUT2D eigenvalue weighted by Gasteiger charge is -2.28. The highest BCUT2D eigenvalue weighted by Crippen LogP contribution is 2.40. The van der Waals surface area contributed by atoms with Gasteiger partial charge in [0.15, 0.2) is 0 Å². The van der Waals surface area contributed by atoms with Crippen molar-refractivity contribution in [2.75, 3.05) is 33.3 Å². The number of amides is 1. The minimum absolute atomic E-state index is 0.112. The Labute approximate surface area is 197 Å². The highest BCUT2D eigenvalue weighted by atomic mass is 79.9. The molecule has 0 bridgehead atoms. The van der Waals surface area contributed by atoms with Gasteiger partial charge in [-0.2, -0.15) is 0 Å². The Morgan fingerprint density at radius 3 is 2.47 bits per heavy atom. The van der Waals surface area contributed by atoms with Gasteiger partial charge in [0.2, 0.25) is 0 Å². The molecule has 1 fully saturated rings. The number of benzene rings is 2. The minimum Gasteiger partial charge on any atom is -0.507 e. The molecule has 0 aliphatic carbocycles. The number of ether oxygens (including phenoxy) is 1. The number of carbonyl (C=O) groups is 2. The van der Waals surface area contributed by atoms with Crippen molar-refractivity contribution in [2.24, 2.45) is 0 Å². The number of likely N-dealkylation sites (N-methyl/N-ethyl adjacent to an activating group) is 1. The summed E-state index contributed by atoms with van der Waals surface area (Å²) in [6.45, 7) is 8.71. The number of aliphatic hydroxyl groups excluding tert-OH is 1. The van der Waals surface area contributed by atoms with Crippen molar-refractivity contribution in [1.29, 1.82) is 0 Å². The highest BCUT2D eigenvalue weighted by Gasteiger charge is 2.46. The molecule has 7 heteroatoms. The van der Waals surface area contributed by atoms with Crippen molar-refractivity contribution in [3.63, 3.8) is 0 Å². The lowest BCUT2D eigenvalue weighted by molar-refractivity contribution is -0.140. The van der Waals surface area contributed by atoms with E-state index >= 15 is 0 Å². The van der Waals surface area contributed by atoms with Gasteiger partial charge in [0.25, 0.3) is 11.7 Å². The standard InChI is InChI=1S/C25H29BrN2O4/c1-5-27(6-2)12-13-28-22(17-8-7-9-18(26)15-17)21(24(30)25(28)31)23(29)20-11-10-19(32-4)14-16(20)3/h7-11,14-15,22,29H,5-6,12-13H2,1-4H3/b23-21+/t22-/m0/s1. The number of aryl methyl sites for hydroxylation is 1. The first-order valence-corrected chi connectivity index (χ1v) is 11.5. The third-order valence-electron chi connectivity index (χ3n) is 5.94. The fourth-order valence-corrected chi connectivity index (χ4v) is 4.51. The van der Waals surface area contributed by atoms with E-state index < -0.39 is 17.7 Å². The number of rotatable bonds is 8. The van der Waals surface area contributed by atoms with Gasteiger partial charge in [-0.3, -0.25) is 9.59 Å². The second-order valence-corrected chi connectivity index (χ2v) is 8.67. The van der Waals surface area contributed by atoms with E-state index in [2.05, 4.69) is 34.7 Å². The quantitative estimate of drug-likeness (QED) is 0.327. The molecule has 3 rings (SSSR count).